The van der Waals surface area contributed by atoms with Gasteiger partial charge in [-0.1, -0.05) is 24.3 Å². The van der Waals surface area contributed by atoms with E-state index in [-0.39, 0.29) is 0 Å². The van der Waals surface area contributed by atoms with E-state index in [1.807, 2.05) is 25.3 Å². The number of rotatable bonds is 4. The lowest BCUT2D eigenvalue weighted by Gasteiger charge is -2.09. The minimum Gasteiger partial charge on any atom is -0.326 e. The largest absolute Gasteiger partial charge is 0.326 e. The van der Waals surface area contributed by atoms with Gasteiger partial charge in [0, 0.05) is 30.7 Å². The highest BCUT2D eigenvalue weighted by Crippen LogP contribution is 2.25. The Morgan fingerprint density at radius 1 is 1.00 bits per heavy atom. The second-order valence-electron chi connectivity index (χ2n) is 6.13. The van der Waals surface area contributed by atoms with Crippen LogP contribution in [0.4, 0.5) is 0 Å². The molecular formula is C20H19N5. The molecule has 0 aliphatic carbocycles. The van der Waals surface area contributed by atoms with E-state index in [9.17, 15) is 0 Å². The van der Waals surface area contributed by atoms with E-state index in [4.69, 9.17) is 10.7 Å². The van der Waals surface area contributed by atoms with Crippen molar-refractivity contribution >= 4 is 11.2 Å². The summed E-state index contributed by atoms with van der Waals surface area (Å²) in [4.78, 5) is 13.6. The van der Waals surface area contributed by atoms with Gasteiger partial charge in [-0.05, 0) is 41.8 Å². The number of aromatic nitrogens is 4. The van der Waals surface area contributed by atoms with Crippen LogP contribution >= 0.6 is 0 Å². The fourth-order valence-corrected chi connectivity index (χ4v) is 2.95. The van der Waals surface area contributed by atoms with Crippen LogP contribution in [0.15, 0.2) is 61.1 Å². The molecular weight excluding hydrogens is 310 g/mol. The van der Waals surface area contributed by atoms with Gasteiger partial charge >= 0.3 is 0 Å². The van der Waals surface area contributed by atoms with Crippen molar-refractivity contribution in [3.8, 4) is 11.4 Å². The van der Waals surface area contributed by atoms with Crippen LogP contribution in [-0.4, -0.2) is 19.5 Å². The molecule has 0 atom stereocenters. The van der Waals surface area contributed by atoms with Crippen LogP contribution in [0.2, 0.25) is 0 Å². The summed E-state index contributed by atoms with van der Waals surface area (Å²) < 4.78 is 2.15. The molecule has 3 heterocycles. The minimum atomic E-state index is 0.553. The van der Waals surface area contributed by atoms with E-state index in [1.165, 1.54) is 5.56 Å². The summed E-state index contributed by atoms with van der Waals surface area (Å²) in [7, 11) is 0. The molecule has 0 unspecified atom stereocenters. The zero-order chi connectivity index (χ0) is 17.2. The fourth-order valence-electron chi connectivity index (χ4n) is 2.95. The SMILES string of the molecule is Cc1cnc2c(c1)nc(-c1ccncc1)n2Cc1ccc(CN)cc1. The molecule has 25 heavy (non-hydrogen) atoms. The maximum absolute atomic E-state index is 5.69. The highest BCUT2D eigenvalue weighted by Gasteiger charge is 2.14. The summed E-state index contributed by atoms with van der Waals surface area (Å²) >= 11 is 0. The van der Waals surface area contributed by atoms with E-state index in [2.05, 4.69) is 44.9 Å². The third-order valence-corrected chi connectivity index (χ3v) is 4.26. The van der Waals surface area contributed by atoms with Gasteiger partial charge in [0.2, 0.25) is 0 Å². The molecule has 0 fully saturated rings. The lowest BCUT2D eigenvalue weighted by molar-refractivity contribution is 0.822. The number of hydrogen-bond acceptors (Lipinski definition) is 4. The van der Waals surface area contributed by atoms with Crippen molar-refractivity contribution in [2.75, 3.05) is 0 Å². The van der Waals surface area contributed by atoms with Gasteiger partial charge < -0.3 is 10.3 Å². The minimum absolute atomic E-state index is 0.553. The molecule has 1 aromatic carbocycles. The second-order valence-corrected chi connectivity index (χ2v) is 6.13. The predicted molar refractivity (Wildman–Crippen MR) is 98.9 cm³/mol. The van der Waals surface area contributed by atoms with Crippen molar-refractivity contribution in [3.05, 3.63) is 77.7 Å². The lowest BCUT2D eigenvalue weighted by atomic mass is 10.1. The Bertz CT molecular complexity index is 1000. The normalized spacial score (nSPS) is 11.1. The maximum atomic E-state index is 5.69. The Morgan fingerprint density at radius 2 is 1.72 bits per heavy atom. The highest BCUT2D eigenvalue weighted by molar-refractivity contribution is 5.77. The molecule has 0 aliphatic rings. The van der Waals surface area contributed by atoms with Crippen molar-refractivity contribution in [2.45, 2.75) is 20.0 Å². The van der Waals surface area contributed by atoms with Crippen LogP contribution in [0.5, 0.6) is 0 Å². The topological polar surface area (TPSA) is 69.6 Å². The number of fused-ring (bicyclic) bond motifs is 1. The molecule has 124 valence electrons. The maximum Gasteiger partial charge on any atom is 0.160 e. The van der Waals surface area contributed by atoms with Gasteiger partial charge in [-0.2, -0.15) is 0 Å². The zero-order valence-electron chi connectivity index (χ0n) is 14.1. The van der Waals surface area contributed by atoms with E-state index >= 15 is 0 Å². The Morgan fingerprint density at radius 3 is 2.44 bits per heavy atom. The number of imidazole rings is 1. The van der Waals surface area contributed by atoms with Gasteiger partial charge in [-0.3, -0.25) is 4.98 Å². The first-order valence-electron chi connectivity index (χ1n) is 8.26. The van der Waals surface area contributed by atoms with E-state index in [1.54, 1.807) is 12.4 Å². The molecule has 0 saturated carbocycles. The van der Waals surface area contributed by atoms with Gasteiger partial charge in [0.1, 0.15) is 11.3 Å². The average Bonchev–Trinajstić information content (AvgIpc) is 3.00. The monoisotopic (exact) mass is 329 g/mol. The summed E-state index contributed by atoms with van der Waals surface area (Å²) in [5.74, 6) is 0.901. The van der Waals surface area contributed by atoms with E-state index < -0.39 is 0 Å². The molecule has 0 bridgehead atoms. The van der Waals surface area contributed by atoms with Gasteiger partial charge in [0.15, 0.2) is 5.65 Å². The van der Waals surface area contributed by atoms with Crippen LogP contribution < -0.4 is 5.73 Å². The Hall–Kier alpha value is -3.05. The van der Waals surface area contributed by atoms with Crippen LogP contribution in [0.3, 0.4) is 0 Å². The third kappa shape index (κ3) is 3.02. The first-order valence-corrected chi connectivity index (χ1v) is 8.26. The van der Waals surface area contributed by atoms with Crippen molar-refractivity contribution in [1.82, 2.24) is 19.5 Å². The molecule has 0 saturated heterocycles. The average molecular weight is 329 g/mol. The van der Waals surface area contributed by atoms with Crippen molar-refractivity contribution in [3.63, 3.8) is 0 Å². The Balaban J connectivity index is 1.84. The molecule has 5 heteroatoms. The molecule has 4 aromatic rings. The molecule has 3 aromatic heterocycles. The van der Waals surface area contributed by atoms with Crippen LogP contribution in [-0.2, 0) is 13.1 Å². The van der Waals surface area contributed by atoms with E-state index in [0.717, 1.165) is 33.7 Å². The summed E-state index contributed by atoms with van der Waals surface area (Å²) in [6.45, 7) is 3.29. The van der Waals surface area contributed by atoms with Crippen molar-refractivity contribution in [2.24, 2.45) is 5.73 Å². The fraction of sp³-hybridized carbons (Fsp3) is 0.150. The van der Waals surface area contributed by atoms with Crippen LogP contribution in [0.1, 0.15) is 16.7 Å². The quantitative estimate of drug-likeness (QED) is 0.623. The smallest absolute Gasteiger partial charge is 0.160 e. The summed E-state index contributed by atoms with van der Waals surface area (Å²) in [5, 5.41) is 0. The number of benzene rings is 1. The molecule has 5 nitrogen and oxygen atoms in total. The highest BCUT2D eigenvalue weighted by atomic mass is 15.1. The number of aryl methyl sites for hydroxylation is 1. The third-order valence-electron chi connectivity index (χ3n) is 4.26. The number of hydrogen-bond donors (Lipinski definition) is 1. The first kappa shape index (κ1) is 15.5. The van der Waals surface area contributed by atoms with Crippen LogP contribution in [0.25, 0.3) is 22.6 Å². The molecule has 0 radical (unpaired) electrons. The standard InChI is InChI=1S/C20H19N5/c1-14-10-18-20(23-12-14)25(13-16-4-2-15(11-21)3-5-16)19(24-18)17-6-8-22-9-7-17/h2-10,12H,11,13,21H2,1H3. The molecule has 0 spiro atoms. The predicted octanol–water partition coefficient (Wildman–Crippen LogP) is 3.31. The van der Waals surface area contributed by atoms with Crippen molar-refractivity contribution in [1.29, 1.82) is 0 Å². The first-order chi connectivity index (χ1) is 12.2. The second kappa shape index (κ2) is 6.45. The molecule has 4 rings (SSSR count). The lowest BCUT2D eigenvalue weighted by Crippen LogP contribution is -2.04. The van der Waals surface area contributed by atoms with Crippen LogP contribution in [0, 0.1) is 6.92 Å². The van der Waals surface area contributed by atoms with Gasteiger partial charge in [0.25, 0.3) is 0 Å². The summed E-state index contributed by atoms with van der Waals surface area (Å²) in [6, 6.07) is 14.4. The summed E-state index contributed by atoms with van der Waals surface area (Å²) in [6.07, 6.45) is 5.45. The number of nitrogens with two attached hydrogens (primary N) is 1. The van der Waals surface area contributed by atoms with Crippen molar-refractivity contribution < 1.29 is 0 Å². The molecule has 0 aliphatic heterocycles. The van der Waals surface area contributed by atoms with Gasteiger partial charge in [-0.15, -0.1) is 0 Å². The zero-order valence-corrected chi connectivity index (χ0v) is 14.1. The Kier molecular flexibility index (Phi) is 3.99. The number of pyridine rings is 2. The van der Waals surface area contributed by atoms with E-state index in [0.29, 0.717) is 13.1 Å². The Labute approximate surface area is 146 Å². The van der Waals surface area contributed by atoms with Gasteiger partial charge in [0.05, 0.1) is 6.54 Å². The molecule has 2 N–H and O–H groups in total. The number of nitrogens with zero attached hydrogens (tertiary/aromatic N) is 4. The molecule has 0 amide bonds. The van der Waals surface area contributed by atoms with Gasteiger partial charge in [-0.25, -0.2) is 9.97 Å². The summed E-state index contributed by atoms with van der Waals surface area (Å²) in [5.41, 5.74) is 11.9.